The summed E-state index contributed by atoms with van der Waals surface area (Å²) in [6, 6.07) is 37.7. The second kappa shape index (κ2) is 15.4. The minimum Gasteiger partial charge on any atom is -0.310 e. The van der Waals surface area contributed by atoms with Crippen molar-refractivity contribution in [3.8, 4) is 55.9 Å². The smallest absolute Gasteiger partial charge is 0.258 e. The molecule has 7 aromatic rings. The summed E-state index contributed by atoms with van der Waals surface area (Å²) in [5, 5.41) is 15.9. The zero-order chi connectivity index (χ0) is 36.9. The van der Waals surface area contributed by atoms with Crippen LogP contribution in [-0.2, 0) is 6.42 Å². The molecule has 0 fully saturated rings. The first-order valence-corrected chi connectivity index (χ1v) is 18.0. The van der Waals surface area contributed by atoms with E-state index in [2.05, 4.69) is 122 Å². The van der Waals surface area contributed by atoms with E-state index in [0.29, 0.717) is 28.3 Å². The quantitative estimate of drug-likeness (QED) is 0.0793. The standard InChI is InChI=1S/C44H42N8O/c1-6-7-25-35-38(32-21-13-9-14-22-32)40(36-27-45-30(3)46-44(36)53)41(43-47-49-50-48-43)42(52(28-51(4)5)33-23-15-10-16-24-33)39(35)34-26-17-18-29(2)37(34)31-19-11-8-12-20-31/h8-24,26-28H,6-7,25H2,1-5H3,(H-,45,46,47,48,49,50,53)/p+1. The number of nitrogens with one attached hydrogen (secondary N) is 2. The lowest BCUT2D eigenvalue weighted by Crippen LogP contribution is -2.21. The molecule has 0 saturated carbocycles. The van der Waals surface area contributed by atoms with Gasteiger partial charge < -0.3 is 4.98 Å². The number of nitrogens with zero attached hydrogens (tertiary/aromatic N) is 6. The van der Waals surface area contributed by atoms with Gasteiger partial charge in [0.05, 0.1) is 25.2 Å². The zero-order valence-corrected chi connectivity index (χ0v) is 30.8. The third-order valence-electron chi connectivity index (χ3n) is 9.42. The summed E-state index contributed by atoms with van der Waals surface area (Å²) < 4.78 is 2.20. The third kappa shape index (κ3) is 6.93. The Balaban J connectivity index is 1.83. The monoisotopic (exact) mass is 699 g/mol. The van der Waals surface area contributed by atoms with Gasteiger partial charge in [0, 0.05) is 17.3 Å². The number of rotatable bonds is 11. The SMILES string of the molecule is CCCCc1c(-c2ccccc2)c(-c2cnc(C)[nH]c2=O)c(-c2nnn[nH]2)c([N+](=CN(C)C)c2ccccc2)c1-c1cccc(C)c1-c1ccccc1. The van der Waals surface area contributed by atoms with Crippen molar-refractivity contribution in [3.63, 3.8) is 0 Å². The number of hydrogen-bond acceptors (Lipinski definition) is 5. The third-order valence-corrected chi connectivity index (χ3v) is 9.42. The Morgan fingerprint density at radius 3 is 2.00 bits per heavy atom. The first kappa shape index (κ1) is 34.9. The van der Waals surface area contributed by atoms with Crippen LogP contribution in [0.3, 0.4) is 0 Å². The molecule has 264 valence electrons. The molecule has 0 aliphatic rings. The number of aryl methyl sites for hydroxylation is 2. The highest BCUT2D eigenvalue weighted by Gasteiger charge is 2.35. The van der Waals surface area contributed by atoms with Gasteiger partial charge in [0.1, 0.15) is 11.5 Å². The van der Waals surface area contributed by atoms with Gasteiger partial charge in [-0.05, 0) is 88.2 Å². The molecule has 7 rings (SSSR count). The summed E-state index contributed by atoms with van der Waals surface area (Å²) in [4.78, 5) is 23.9. The van der Waals surface area contributed by atoms with Gasteiger partial charge in [-0.2, -0.15) is 4.58 Å². The van der Waals surface area contributed by atoms with Crippen molar-refractivity contribution in [2.24, 2.45) is 0 Å². The van der Waals surface area contributed by atoms with Crippen LogP contribution in [0.1, 0.15) is 36.7 Å². The Morgan fingerprint density at radius 2 is 1.40 bits per heavy atom. The molecule has 0 saturated heterocycles. The maximum absolute atomic E-state index is 14.3. The van der Waals surface area contributed by atoms with Gasteiger partial charge in [0.2, 0.25) is 6.34 Å². The van der Waals surface area contributed by atoms with Crippen molar-refractivity contribution in [1.29, 1.82) is 0 Å². The highest BCUT2D eigenvalue weighted by Crippen LogP contribution is 2.54. The fourth-order valence-corrected chi connectivity index (χ4v) is 7.21. The number of aromatic nitrogens is 6. The molecule has 0 amide bonds. The van der Waals surface area contributed by atoms with Gasteiger partial charge >= 0.3 is 0 Å². The second-order valence-corrected chi connectivity index (χ2v) is 13.4. The molecule has 0 aliphatic carbocycles. The number of aromatic amines is 2. The Labute approximate surface area is 309 Å². The predicted octanol–water partition coefficient (Wildman–Crippen LogP) is 9.00. The average molecular weight is 700 g/mol. The minimum atomic E-state index is -0.244. The summed E-state index contributed by atoms with van der Waals surface area (Å²) in [6.07, 6.45) is 6.40. The lowest BCUT2D eigenvalue weighted by Gasteiger charge is -2.28. The summed E-state index contributed by atoms with van der Waals surface area (Å²) >= 11 is 0. The molecular weight excluding hydrogens is 657 g/mol. The van der Waals surface area contributed by atoms with Crippen molar-refractivity contribution in [3.05, 3.63) is 143 Å². The van der Waals surface area contributed by atoms with E-state index >= 15 is 0 Å². The summed E-state index contributed by atoms with van der Waals surface area (Å²) in [5.41, 5.74) is 11.9. The van der Waals surface area contributed by atoms with E-state index in [1.807, 2.05) is 61.5 Å². The second-order valence-electron chi connectivity index (χ2n) is 13.4. The lowest BCUT2D eigenvalue weighted by atomic mass is 9.78. The van der Waals surface area contributed by atoms with Crippen LogP contribution in [0, 0.1) is 13.8 Å². The average Bonchev–Trinajstić information content (AvgIpc) is 3.71. The Hall–Kier alpha value is -6.48. The Morgan fingerprint density at radius 1 is 0.736 bits per heavy atom. The van der Waals surface area contributed by atoms with Crippen molar-refractivity contribution in [2.45, 2.75) is 40.0 Å². The van der Waals surface area contributed by atoms with Gasteiger partial charge in [-0.3, -0.25) is 9.69 Å². The number of unbranched alkanes of at least 4 members (excludes halogenated alkanes) is 1. The number of para-hydroxylation sites is 1. The number of hydrogen-bond donors (Lipinski definition) is 2. The van der Waals surface area contributed by atoms with E-state index in [1.165, 1.54) is 0 Å². The van der Waals surface area contributed by atoms with Crippen LogP contribution in [0.15, 0.2) is 120 Å². The summed E-state index contributed by atoms with van der Waals surface area (Å²) in [5.74, 6) is 0.961. The highest BCUT2D eigenvalue weighted by molar-refractivity contribution is 6.09. The van der Waals surface area contributed by atoms with Crippen LogP contribution in [0.5, 0.6) is 0 Å². The van der Waals surface area contributed by atoms with Crippen LogP contribution in [0.2, 0.25) is 0 Å². The van der Waals surface area contributed by atoms with Crippen molar-refractivity contribution < 1.29 is 0 Å². The molecule has 9 heteroatoms. The molecule has 53 heavy (non-hydrogen) atoms. The largest absolute Gasteiger partial charge is 0.310 e. The van der Waals surface area contributed by atoms with E-state index < -0.39 is 0 Å². The number of tetrazole rings is 1. The molecule has 0 bridgehead atoms. The van der Waals surface area contributed by atoms with E-state index in [0.717, 1.165) is 75.1 Å². The molecule has 0 spiro atoms. The first-order valence-electron chi connectivity index (χ1n) is 18.0. The fourth-order valence-electron chi connectivity index (χ4n) is 7.21. The van der Waals surface area contributed by atoms with Gasteiger partial charge in [0.15, 0.2) is 11.5 Å². The molecule has 0 atom stereocenters. The molecule has 2 aromatic heterocycles. The van der Waals surface area contributed by atoms with Gasteiger partial charge in [0.25, 0.3) is 5.56 Å². The van der Waals surface area contributed by atoms with Gasteiger partial charge in [-0.25, -0.2) is 10.1 Å². The Kier molecular flexibility index (Phi) is 10.2. The van der Waals surface area contributed by atoms with Crippen molar-refractivity contribution in [1.82, 2.24) is 40.1 Å². The van der Waals surface area contributed by atoms with E-state index in [1.54, 1.807) is 13.1 Å². The van der Waals surface area contributed by atoms with Gasteiger partial charge in [-0.1, -0.05) is 110 Å². The zero-order valence-electron chi connectivity index (χ0n) is 30.8. The fraction of sp³-hybridized carbons (Fsp3) is 0.182. The van der Waals surface area contributed by atoms with Crippen molar-refractivity contribution in [2.75, 3.05) is 14.1 Å². The number of benzene rings is 5. The maximum atomic E-state index is 14.3. The van der Waals surface area contributed by atoms with Crippen LogP contribution in [0.25, 0.3) is 55.9 Å². The summed E-state index contributed by atoms with van der Waals surface area (Å²) in [6.45, 7) is 6.17. The maximum Gasteiger partial charge on any atom is 0.258 e. The normalized spacial score (nSPS) is 11.5. The molecule has 0 unspecified atom stereocenters. The first-order chi connectivity index (χ1) is 25.9. The van der Waals surface area contributed by atoms with Crippen LogP contribution >= 0.6 is 0 Å². The van der Waals surface area contributed by atoms with E-state index in [4.69, 9.17) is 0 Å². The molecule has 2 N–H and O–H groups in total. The topological polar surface area (TPSA) is 106 Å². The molecule has 5 aromatic carbocycles. The molecule has 9 nitrogen and oxygen atoms in total. The van der Waals surface area contributed by atoms with Crippen LogP contribution in [0.4, 0.5) is 11.4 Å². The van der Waals surface area contributed by atoms with Crippen molar-refractivity contribution >= 4 is 17.7 Å². The Bertz CT molecular complexity index is 2440. The lowest BCUT2D eigenvalue weighted by molar-refractivity contribution is 0.631. The van der Waals surface area contributed by atoms with E-state index in [-0.39, 0.29) is 5.56 Å². The van der Waals surface area contributed by atoms with Crippen LogP contribution < -0.4 is 10.1 Å². The number of H-pyrrole nitrogens is 2. The van der Waals surface area contributed by atoms with E-state index in [9.17, 15) is 4.79 Å². The van der Waals surface area contributed by atoms with Gasteiger partial charge in [-0.15, -0.1) is 5.10 Å². The summed E-state index contributed by atoms with van der Waals surface area (Å²) in [7, 11) is 4.03. The minimum absolute atomic E-state index is 0.244. The molecular formula is C44H43N8O+. The predicted molar refractivity (Wildman–Crippen MR) is 216 cm³/mol. The molecule has 0 radical (unpaired) electrons. The highest BCUT2D eigenvalue weighted by atomic mass is 16.1. The molecule has 2 heterocycles. The van der Waals surface area contributed by atoms with Crippen LogP contribution in [-0.4, -0.2) is 55.9 Å². The molecule has 0 aliphatic heterocycles.